The molecule has 43 heavy (non-hydrogen) atoms. The molecular formula is C34H31BrClN3O4. The van der Waals surface area contributed by atoms with Crippen molar-refractivity contribution in [3.05, 3.63) is 115 Å². The highest BCUT2D eigenvalue weighted by Gasteiger charge is 2.20. The summed E-state index contributed by atoms with van der Waals surface area (Å²) in [6.45, 7) is 6.47. The molecule has 0 saturated carbocycles. The summed E-state index contributed by atoms with van der Waals surface area (Å²) in [5, 5.41) is 5.45. The van der Waals surface area contributed by atoms with Crippen LogP contribution in [0.4, 0.5) is 0 Å². The minimum atomic E-state index is -0.296. The zero-order valence-electron chi connectivity index (χ0n) is 24.5. The van der Waals surface area contributed by atoms with Gasteiger partial charge in [0.05, 0.1) is 31.3 Å². The van der Waals surface area contributed by atoms with E-state index in [4.69, 9.17) is 30.8 Å². The Hall–Kier alpha value is -4.14. The number of benzene rings is 4. The normalized spacial score (nSPS) is 11.4. The first-order valence-electron chi connectivity index (χ1n) is 13.7. The molecule has 0 aliphatic heterocycles. The molecule has 0 spiro atoms. The Balaban J connectivity index is 1.63. The fourth-order valence-electron chi connectivity index (χ4n) is 4.81. The lowest BCUT2D eigenvalue weighted by atomic mass is 9.96. The van der Waals surface area contributed by atoms with E-state index in [0.29, 0.717) is 49.9 Å². The molecule has 0 atom stereocenters. The van der Waals surface area contributed by atoms with Gasteiger partial charge in [0, 0.05) is 15.6 Å². The van der Waals surface area contributed by atoms with Crippen LogP contribution in [0.2, 0.25) is 5.02 Å². The van der Waals surface area contributed by atoms with Crippen molar-refractivity contribution in [1.29, 1.82) is 0 Å². The zero-order chi connectivity index (χ0) is 30.7. The third-order valence-corrected chi connectivity index (χ3v) is 8.55. The SMILES string of the molecule is COc1cc(C)c(-c2nc3ccccc3c(=O)n2N=Cc2cc(OC)c(OCc3ccccc3)c(Cl)c2Br)cc1C(C)C. The predicted octanol–water partition coefficient (Wildman–Crippen LogP) is 8.39. The van der Waals surface area contributed by atoms with Gasteiger partial charge in [-0.25, -0.2) is 4.98 Å². The standard InChI is InChI=1S/C34H31BrClN3O4/c1-20(2)25-17-26(21(3)15-28(25)41-4)33-38-27-14-10-9-13-24(27)34(40)39(33)37-18-23-16-29(42-5)32(31(36)30(23)35)43-19-22-11-7-6-8-12-22/h6-18,20H,19H2,1-5H3. The quantitative estimate of drug-likeness (QED) is 0.149. The number of methoxy groups -OCH3 is 2. The van der Waals surface area contributed by atoms with Crippen molar-refractivity contribution in [2.24, 2.45) is 5.10 Å². The van der Waals surface area contributed by atoms with Crippen LogP contribution < -0.4 is 19.8 Å². The van der Waals surface area contributed by atoms with Crippen LogP contribution in [0.1, 0.15) is 42.0 Å². The maximum absolute atomic E-state index is 13.8. The van der Waals surface area contributed by atoms with Crippen molar-refractivity contribution < 1.29 is 14.2 Å². The summed E-state index contributed by atoms with van der Waals surface area (Å²) in [6.07, 6.45) is 1.56. The van der Waals surface area contributed by atoms with Crippen LogP contribution in [0.5, 0.6) is 17.2 Å². The van der Waals surface area contributed by atoms with E-state index >= 15 is 0 Å². The van der Waals surface area contributed by atoms with Gasteiger partial charge in [-0.2, -0.15) is 9.78 Å². The third-order valence-electron chi connectivity index (χ3n) is 7.11. The van der Waals surface area contributed by atoms with Crippen LogP contribution >= 0.6 is 27.5 Å². The summed E-state index contributed by atoms with van der Waals surface area (Å²) in [6, 6.07) is 22.8. The van der Waals surface area contributed by atoms with Crippen molar-refractivity contribution in [3.63, 3.8) is 0 Å². The van der Waals surface area contributed by atoms with E-state index in [-0.39, 0.29) is 11.5 Å². The summed E-state index contributed by atoms with van der Waals surface area (Å²) in [7, 11) is 3.20. The van der Waals surface area contributed by atoms with Gasteiger partial charge in [0.15, 0.2) is 17.3 Å². The lowest BCUT2D eigenvalue weighted by Gasteiger charge is -2.17. The number of aryl methyl sites for hydroxylation is 1. The highest BCUT2D eigenvalue weighted by Crippen LogP contribution is 2.42. The van der Waals surface area contributed by atoms with Crippen LogP contribution in [-0.4, -0.2) is 30.1 Å². The number of hydrogen-bond donors (Lipinski definition) is 0. The van der Waals surface area contributed by atoms with Gasteiger partial charge in [-0.15, -0.1) is 0 Å². The first-order chi connectivity index (χ1) is 20.7. The van der Waals surface area contributed by atoms with Crippen molar-refractivity contribution in [1.82, 2.24) is 9.66 Å². The van der Waals surface area contributed by atoms with Crippen molar-refractivity contribution in [2.45, 2.75) is 33.3 Å². The summed E-state index contributed by atoms with van der Waals surface area (Å²) in [5.41, 5.74) is 4.56. The molecule has 0 radical (unpaired) electrons. The Labute approximate surface area is 263 Å². The molecule has 0 N–H and O–H groups in total. The summed E-state index contributed by atoms with van der Waals surface area (Å²) in [4.78, 5) is 18.8. The van der Waals surface area contributed by atoms with Crippen molar-refractivity contribution in [3.8, 4) is 28.6 Å². The van der Waals surface area contributed by atoms with Gasteiger partial charge >= 0.3 is 0 Å². The number of hydrogen-bond acceptors (Lipinski definition) is 6. The van der Waals surface area contributed by atoms with Gasteiger partial charge < -0.3 is 14.2 Å². The third kappa shape index (κ3) is 6.17. The number of ether oxygens (including phenoxy) is 3. The van der Waals surface area contributed by atoms with Gasteiger partial charge in [0.2, 0.25) is 0 Å². The molecule has 0 amide bonds. The second-order valence-corrected chi connectivity index (χ2v) is 11.4. The maximum atomic E-state index is 13.8. The number of halogens is 2. The highest BCUT2D eigenvalue weighted by atomic mass is 79.9. The first-order valence-corrected chi connectivity index (χ1v) is 14.9. The Morgan fingerprint density at radius 3 is 2.40 bits per heavy atom. The average Bonchev–Trinajstić information content (AvgIpc) is 3.02. The number of fused-ring (bicyclic) bond motifs is 1. The second-order valence-electron chi connectivity index (χ2n) is 10.3. The molecule has 0 bridgehead atoms. The fraction of sp³-hybridized carbons (Fsp3) is 0.206. The number of nitrogens with zero attached hydrogens (tertiary/aromatic N) is 3. The maximum Gasteiger partial charge on any atom is 0.282 e. The Morgan fingerprint density at radius 2 is 1.70 bits per heavy atom. The minimum absolute atomic E-state index is 0.187. The largest absolute Gasteiger partial charge is 0.496 e. The average molecular weight is 661 g/mol. The van der Waals surface area contributed by atoms with Crippen LogP contribution in [0, 0.1) is 6.92 Å². The smallest absolute Gasteiger partial charge is 0.282 e. The lowest BCUT2D eigenvalue weighted by Crippen LogP contribution is -2.21. The molecule has 1 aromatic heterocycles. The van der Waals surface area contributed by atoms with E-state index in [1.54, 1.807) is 32.6 Å². The molecular weight excluding hydrogens is 630 g/mol. The molecule has 5 aromatic rings. The lowest BCUT2D eigenvalue weighted by molar-refractivity contribution is 0.284. The molecule has 0 aliphatic rings. The van der Waals surface area contributed by atoms with E-state index in [1.807, 2.05) is 67.6 Å². The zero-order valence-corrected chi connectivity index (χ0v) is 26.9. The van der Waals surface area contributed by atoms with Gasteiger partial charge in [-0.1, -0.05) is 67.9 Å². The molecule has 4 aromatic carbocycles. The first kappa shape index (κ1) is 30.3. The summed E-state index contributed by atoms with van der Waals surface area (Å²) < 4.78 is 19.2. The highest BCUT2D eigenvalue weighted by molar-refractivity contribution is 9.10. The monoisotopic (exact) mass is 659 g/mol. The van der Waals surface area contributed by atoms with Crippen LogP contribution in [0.25, 0.3) is 22.3 Å². The molecule has 0 fully saturated rings. The fourth-order valence-corrected chi connectivity index (χ4v) is 5.46. The molecule has 5 rings (SSSR count). The molecule has 9 heteroatoms. The molecule has 0 saturated heterocycles. The number of aromatic nitrogens is 2. The van der Waals surface area contributed by atoms with Crippen molar-refractivity contribution in [2.75, 3.05) is 14.2 Å². The molecule has 7 nitrogen and oxygen atoms in total. The Morgan fingerprint density at radius 1 is 1.00 bits per heavy atom. The van der Waals surface area contributed by atoms with Gasteiger partial charge in [-0.3, -0.25) is 4.79 Å². The van der Waals surface area contributed by atoms with Gasteiger partial charge in [-0.05, 0) is 75.8 Å². The van der Waals surface area contributed by atoms with E-state index in [0.717, 1.165) is 28.0 Å². The molecule has 0 unspecified atom stereocenters. The molecule has 220 valence electrons. The minimum Gasteiger partial charge on any atom is -0.496 e. The number of rotatable bonds is 9. The van der Waals surface area contributed by atoms with E-state index < -0.39 is 0 Å². The second kappa shape index (κ2) is 13.0. The molecule has 0 aliphatic carbocycles. The van der Waals surface area contributed by atoms with Crippen LogP contribution in [-0.2, 0) is 6.61 Å². The van der Waals surface area contributed by atoms with Gasteiger partial charge in [0.1, 0.15) is 17.4 Å². The van der Waals surface area contributed by atoms with E-state index in [1.165, 1.54) is 4.68 Å². The Kier molecular flexibility index (Phi) is 9.18. The topological polar surface area (TPSA) is 74.9 Å². The van der Waals surface area contributed by atoms with E-state index in [9.17, 15) is 4.79 Å². The van der Waals surface area contributed by atoms with E-state index in [2.05, 4.69) is 34.9 Å². The molecule has 1 heterocycles. The predicted molar refractivity (Wildman–Crippen MR) is 176 cm³/mol. The summed E-state index contributed by atoms with van der Waals surface area (Å²) >= 11 is 10.4. The Bertz CT molecular complexity index is 1890. The van der Waals surface area contributed by atoms with Crippen molar-refractivity contribution >= 4 is 44.6 Å². The summed E-state index contributed by atoms with van der Waals surface area (Å²) in [5.74, 6) is 2.22. The number of para-hydroxylation sites is 1. The van der Waals surface area contributed by atoms with Crippen LogP contribution in [0.3, 0.4) is 0 Å². The van der Waals surface area contributed by atoms with Crippen LogP contribution in [0.15, 0.2) is 87.2 Å². The van der Waals surface area contributed by atoms with Gasteiger partial charge in [0.25, 0.3) is 5.56 Å².